The van der Waals surface area contributed by atoms with Gasteiger partial charge in [0.15, 0.2) is 11.3 Å². The number of thiol groups is 1. The molecule has 2 unspecified atom stereocenters. The molecule has 0 aliphatic carbocycles. The van der Waals surface area contributed by atoms with Crippen LogP contribution in [0.25, 0.3) is 11.1 Å². The van der Waals surface area contributed by atoms with E-state index in [0.717, 1.165) is 22.3 Å². The fourth-order valence-electron chi connectivity index (χ4n) is 3.82. The van der Waals surface area contributed by atoms with E-state index in [1.807, 2.05) is 24.3 Å². The predicted molar refractivity (Wildman–Crippen MR) is 139 cm³/mol. The monoisotopic (exact) mass is 523 g/mol. The Labute approximate surface area is 216 Å². The summed E-state index contributed by atoms with van der Waals surface area (Å²) in [6, 6.07) is 17.6. The molecule has 2 aliphatic heterocycles. The summed E-state index contributed by atoms with van der Waals surface area (Å²) >= 11 is 5.88. The summed E-state index contributed by atoms with van der Waals surface area (Å²) in [6.07, 6.45) is 3.27. The molecule has 184 valence electrons. The van der Waals surface area contributed by atoms with Gasteiger partial charge in [-0.3, -0.25) is 30.4 Å². The molecular formula is C24H22FN7O2S2. The van der Waals surface area contributed by atoms with Gasteiger partial charge in [-0.05, 0) is 41.0 Å². The van der Waals surface area contributed by atoms with Crippen LogP contribution in [0.15, 0.2) is 78.2 Å². The molecule has 0 radical (unpaired) electrons. The summed E-state index contributed by atoms with van der Waals surface area (Å²) < 4.78 is 13.2. The highest BCUT2D eigenvalue weighted by molar-refractivity contribution is 8.00. The largest absolute Gasteiger partial charge is 0.275 e. The molecule has 1 saturated heterocycles. The highest BCUT2D eigenvalue weighted by atomic mass is 32.2. The molecule has 1 fully saturated rings. The van der Waals surface area contributed by atoms with Crippen LogP contribution in [0, 0.1) is 5.82 Å². The number of nitrogens with zero attached hydrogens (tertiary/aromatic N) is 4. The molecule has 12 heteroatoms. The molecule has 36 heavy (non-hydrogen) atoms. The third-order valence-electron chi connectivity index (χ3n) is 5.59. The van der Waals surface area contributed by atoms with Gasteiger partial charge in [0, 0.05) is 18.0 Å². The Morgan fingerprint density at radius 2 is 1.69 bits per heavy atom. The first-order chi connectivity index (χ1) is 17.5. The van der Waals surface area contributed by atoms with E-state index in [4.69, 9.17) is 0 Å². The first-order valence-corrected chi connectivity index (χ1v) is 12.6. The number of halogens is 1. The lowest BCUT2D eigenvalue weighted by atomic mass is 10.0. The molecule has 5 rings (SSSR count). The summed E-state index contributed by atoms with van der Waals surface area (Å²) in [4.78, 5) is 29.3. The van der Waals surface area contributed by atoms with E-state index in [1.54, 1.807) is 36.7 Å². The van der Waals surface area contributed by atoms with Gasteiger partial charge in [-0.15, -0.1) is 24.4 Å². The third-order valence-corrected chi connectivity index (χ3v) is 7.15. The number of hydrogen-bond acceptors (Lipinski definition) is 9. The van der Waals surface area contributed by atoms with Crippen LogP contribution < -0.4 is 16.3 Å². The molecule has 2 aliphatic rings. The summed E-state index contributed by atoms with van der Waals surface area (Å²) in [5, 5.41) is 6.93. The zero-order chi connectivity index (χ0) is 25.1. The van der Waals surface area contributed by atoms with Crippen molar-refractivity contribution in [2.24, 2.45) is 5.10 Å². The van der Waals surface area contributed by atoms with Crippen LogP contribution in [0.4, 0.5) is 4.39 Å². The van der Waals surface area contributed by atoms with Crippen molar-refractivity contribution in [2.75, 3.05) is 12.3 Å². The van der Waals surface area contributed by atoms with Crippen molar-refractivity contribution < 1.29 is 14.0 Å². The maximum absolute atomic E-state index is 13.2. The minimum atomic E-state index is -0.548. The molecule has 1 aromatic heterocycles. The van der Waals surface area contributed by atoms with Gasteiger partial charge in [0.25, 0.3) is 5.91 Å². The average Bonchev–Trinajstić information content (AvgIpc) is 3.45. The van der Waals surface area contributed by atoms with E-state index in [1.165, 1.54) is 33.9 Å². The number of hydrogen-bond donors (Lipinski definition) is 4. The molecule has 0 bridgehead atoms. The minimum absolute atomic E-state index is 0.116. The number of carbonyl (C=O) groups excluding carboxylic acids is 2. The van der Waals surface area contributed by atoms with E-state index in [0.29, 0.717) is 11.6 Å². The van der Waals surface area contributed by atoms with Crippen molar-refractivity contribution in [3.63, 3.8) is 0 Å². The number of rotatable bonds is 7. The number of amidine groups is 1. The second-order valence-corrected chi connectivity index (χ2v) is 9.53. The molecule has 9 nitrogen and oxygen atoms in total. The number of hydrazine groups is 2. The molecule has 3 aromatic rings. The number of benzene rings is 2. The van der Waals surface area contributed by atoms with Gasteiger partial charge in [-0.2, -0.15) is 5.10 Å². The smallest absolute Gasteiger partial charge is 0.254 e. The van der Waals surface area contributed by atoms with Crippen molar-refractivity contribution in [1.82, 2.24) is 31.3 Å². The number of carbonyl (C=O) groups is 2. The average molecular weight is 524 g/mol. The van der Waals surface area contributed by atoms with Crippen molar-refractivity contribution in [2.45, 2.75) is 10.9 Å². The summed E-state index contributed by atoms with van der Waals surface area (Å²) in [6.45, 7) is -0.128. The fourth-order valence-corrected chi connectivity index (χ4v) is 5.18. The number of amides is 2. The van der Waals surface area contributed by atoms with Crippen LogP contribution in [-0.2, 0) is 9.59 Å². The molecule has 2 aromatic carbocycles. The lowest BCUT2D eigenvalue weighted by Crippen LogP contribution is -2.53. The summed E-state index contributed by atoms with van der Waals surface area (Å²) in [7, 11) is 0. The van der Waals surface area contributed by atoms with E-state index in [9.17, 15) is 14.0 Å². The summed E-state index contributed by atoms with van der Waals surface area (Å²) in [5.41, 5.74) is 11.5. The van der Waals surface area contributed by atoms with Crippen LogP contribution in [0.3, 0.4) is 0 Å². The highest BCUT2D eigenvalue weighted by Gasteiger charge is 2.34. The van der Waals surface area contributed by atoms with Crippen molar-refractivity contribution in [1.29, 1.82) is 0 Å². The Morgan fingerprint density at radius 3 is 2.39 bits per heavy atom. The Hall–Kier alpha value is -3.61. The molecule has 2 amide bonds. The minimum Gasteiger partial charge on any atom is -0.275 e. The normalized spacial score (nSPS) is 19.3. The number of pyridine rings is 1. The van der Waals surface area contributed by atoms with Gasteiger partial charge in [-0.25, -0.2) is 14.8 Å². The van der Waals surface area contributed by atoms with E-state index in [-0.39, 0.29) is 29.6 Å². The second kappa shape index (κ2) is 10.6. The van der Waals surface area contributed by atoms with Crippen LogP contribution >= 0.6 is 24.4 Å². The quantitative estimate of drug-likeness (QED) is 0.353. The zero-order valence-electron chi connectivity index (χ0n) is 18.8. The Kier molecular flexibility index (Phi) is 7.07. The van der Waals surface area contributed by atoms with Gasteiger partial charge in [-0.1, -0.05) is 36.4 Å². The first-order valence-electron chi connectivity index (χ1n) is 11.0. The summed E-state index contributed by atoms with van der Waals surface area (Å²) in [5.74, 6) is 0.0301. The molecule has 3 N–H and O–H groups in total. The van der Waals surface area contributed by atoms with Crippen LogP contribution in [0.2, 0.25) is 0 Å². The second-order valence-electron chi connectivity index (χ2n) is 7.97. The topological polar surface area (TPSA) is 102 Å². The lowest BCUT2D eigenvalue weighted by Gasteiger charge is -2.27. The maximum Gasteiger partial charge on any atom is 0.254 e. The molecule has 0 spiro atoms. The van der Waals surface area contributed by atoms with E-state index < -0.39 is 5.50 Å². The van der Waals surface area contributed by atoms with Crippen molar-refractivity contribution in [3.8, 4) is 11.1 Å². The predicted octanol–water partition coefficient (Wildman–Crippen LogP) is 2.48. The van der Waals surface area contributed by atoms with Crippen LogP contribution in [-0.4, -0.2) is 50.4 Å². The molecule has 3 heterocycles. The van der Waals surface area contributed by atoms with E-state index in [2.05, 4.69) is 39.0 Å². The number of thioether (sulfide) groups is 1. The number of nitrogens with one attached hydrogen (secondary N) is 3. The molecule has 2 atom stereocenters. The highest BCUT2D eigenvalue weighted by Crippen LogP contribution is 2.37. The Morgan fingerprint density at radius 1 is 1.03 bits per heavy atom. The molecule has 0 saturated carbocycles. The number of aromatic nitrogens is 1. The fraction of sp³-hybridized carbons (Fsp3) is 0.167. The van der Waals surface area contributed by atoms with Gasteiger partial charge >= 0.3 is 0 Å². The SMILES string of the molecule is O=C(CNN1C(=O)CSC1c1ccc(-c2ccc(F)cc2)cc1)NN1C(c2ccncc2)=NNC1S. The zero-order valence-corrected chi connectivity index (χ0v) is 20.5. The van der Waals surface area contributed by atoms with Crippen LogP contribution in [0.1, 0.15) is 16.5 Å². The Bertz CT molecular complexity index is 1280. The first kappa shape index (κ1) is 24.1. The van der Waals surface area contributed by atoms with Gasteiger partial charge in [0.05, 0.1) is 12.3 Å². The standard InChI is InChI=1S/C24H22FN7O2S2/c25-19-7-5-16(6-8-19)15-1-3-18(4-2-15)23-31(21(34)14-36-23)27-13-20(33)30-32-22(28-29-24(32)35)17-9-11-26-12-10-17/h1-12,23-24,27,29,35H,13-14H2,(H,30,33). The van der Waals surface area contributed by atoms with Gasteiger partial charge in [0.2, 0.25) is 5.91 Å². The van der Waals surface area contributed by atoms with Crippen LogP contribution in [0.5, 0.6) is 0 Å². The van der Waals surface area contributed by atoms with Gasteiger partial charge < -0.3 is 0 Å². The molecular weight excluding hydrogens is 501 g/mol. The van der Waals surface area contributed by atoms with E-state index >= 15 is 0 Å². The van der Waals surface area contributed by atoms with Crippen molar-refractivity contribution in [3.05, 3.63) is 90.0 Å². The maximum atomic E-state index is 13.2. The van der Waals surface area contributed by atoms with Gasteiger partial charge in [0.1, 0.15) is 11.2 Å². The van der Waals surface area contributed by atoms with Crippen molar-refractivity contribution >= 4 is 42.0 Å². The number of hydrazone groups is 1. The lowest BCUT2D eigenvalue weighted by molar-refractivity contribution is -0.133. The third kappa shape index (κ3) is 5.15. The Balaban J connectivity index is 1.22.